The highest BCUT2D eigenvalue weighted by Crippen LogP contribution is 2.34. The van der Waals surface area contributed by atoms with Gasteiger partial charge >= 0.3 is 12.1 Å². The number of carboxylic acids is 1. The number of benzene rings is 3. The summed E-state index contributed by atoms with van der Waals surface area (Å²) in [6.45, 7) is 1.68. The van der Waals surface area contributed by atoms with Crippen LogP contribution < -0.4 is 15.5 Å². The van der Waals surface area contributed by atoms with Crippen molar-refractivity contribution in [3.63, 3.8) is 0 Å². The maximum Gasteiger partial charge on any atom is 0.416 e. The molecule has 5 aromatic rings. The summed E-state index contributed by atoms with van der Waals surface area (Å²) >= 11 is 1.41. The van der Waals surface area contributed by atoms with Gasteiger partial charge in [-0.05, 0) is 97.1 Å². The first-order chi connectivity index (χ1) is 25.0. The molecule has 1 aliphatic heterocycles. The fraction of sp³-hybridized carbons (Fsp3) is 0.205. The van der Waals surface area contributed by atoms with E-state index in [9.17, 15) is 27.6 Å². The second-order valence-electron chi connectivity index (χ2n) is 12.2. The maximum absolute atomic E-state index is 13.6. The van der Waals surface area contributed by atoms with E-state index in [-0.39, 0.29) is 23.6 Å². The first-order valence-corrected chi connectivity index (χ1v) is 17.5. The summed E-state index contributed by atoms with van der Waals surface area (Å²) in [6, 6.07) is 24.0. The van der Waals surface area contributed by atoms with Gasteiger partial charge in [0, 0.05) is 60.2 Å². The monoisotopic (exact) mass is 725 g/mol. The van der Waals surface area contributed by atoms with Crippen LogP contribution in [-0.4, -0.2) is 45.9 Å². The van der Waals surface area contributed by atoms with Crippen molar-refractivity contribution in [2.24, 2.45) is 0 Å². The van der Waals surface area contributed by atoms with Gasteiger partial charge in [-0.1, -0.05) is 24.3 Å². The number of pyridine rings is 2. The zero-order chi connectivity index (χ0) is 36.7. The van der Waals surface area contributed by atoms with Crippen LogP contribution in [-0.2, 0) is 18.5 Å². The number of carbonyl (C=O) groups is 3. The summed E-state index contributed by atoms with van der Waals surface area (Å²) in [5.41, 5.74) is 3.66. The van der Waals surface area contributed by atoms with Gasteiger partial charge < -0.3 is 20.6 Å². The smallest absolute Gasteiger partial charge is 0.416 e. The lowest BCUT2D eigenvalue weighted by atomic mass is 10.0. The molecule has 1 saturated heterocycles. The molecule has 1 aliphatic rings. The second-order valence-corrected chi connectivity index (χ2v) is 13.2. The van der Waals surface area contributed by atoms with Crippen LogP contribution in [0, 0.1) is 0 Å². The van der Waals surface area contributed by atoms with Crippen LogP contribution in [0.15, 0.2) is 108 Å². The third-order valence-corrected chi connectivity index (χ3v) is 9.55. The van der Waals surface area contributed by atoms with E-state index >= 15 is 0 Å². The number of thioether (sulfide) groups is 1. The first-order valence-electron chi connectivity index (χ1n) is 16.6. The highest BCUT2D eigenvalue weighted by Gasteiger charge is 2.30. The molecule has 2 aromatic heterocycles. The number of aromatic nitrogens is 2. The molecule has 3 aromatic carbocycles. The Balaban J connectivity index is 1.21. The lowest BCUT2D eigenvalue weighted by Crippen LogP contribution is -2.29. The van der Waals surface area contributed by atoms with Crippen LogP contribution in [0.3, 0.4) is 0 Å². The van der Waals surface area contributed by atoms with Crippen molar-refractivity contribution < 1.29 is 32.7 Å². The number of halogens is 3. The van der Waals surface area contributed by atoms with E-state index in [0.29, 0.717) is 38.9 Å². The van der Waals surface area contributed by atoms with E-state index in [0.717, 1.165) is 55.7 Å². The highest BCUT2D eigenvalue weighted by atomic mass is 32.2. The number of nitrogens with one attached hydrogen (secondary N) is 2. The van der Waals surface area contributed by atoms with E-state index < -0.39 is 23.6 Å². The van der Waals surface area contributed by atoms with Crippen LogP contribution in [0.2, 0.25) is 0 Å². The maximum atomic E-state index is 13.6. The molecule has 3 heterocycles. The number of nitrogens with zero attached hydrogens (tertiary/aromatic N) is 3. The topological polar surface area (TPSA) is 125 Å². The number of hydrogen-bond donors (Lipinski definition) is 3. The molecule has 2 amide bonds. The van der Waals surface area contributed by atoms with Gasteiger partial charge in [0.1, 0.15) is 0 Å². The first kappa shape index (κ1) is 36.1. The molecule has 9 nitrogen and oxygen atoms in total. The molecule has 0 unspecified atom stereocenters. The molecule has 13 heteroatoms. The fourth-order valence-corrected chi connectivity index (χ4v) is 6.59. The predicted molar refractivity (Wildman–Crippen MR) is 194 cm³/mol. The molecule has 6 rings (SSSR count). The number of piperidine rings is 1. The molecule has 0 aliphatic carbocycles. The Morgan fingerprint density at radius 2 is 1.56 bits per heavy atom. The molecular weight excluding hydrogens is 692 g/mol. The summed E-state index contributed by atoms with van der Waals surface area (Å²) in [6.07, 6.45) is 1.58. The summed E-state index contributed by atoms with van der Waals surface area (Å²) in [5.74, 6) is -1.38. The molecule has 0 bridgehead atoms. The number of alkyl halides is 3. The van der Waals surface area contributed by atoms with Crippen LogP contribution in [0.4, 0.5) is 24.5 Å². The second kappa shape index (κ2) is 16.1. The van der Waals surface area contributed by atoms with Crippen molar-refractivity contribution in [2.45, 2.75) is 42.8 Å². The van der Waals surface area contributed by atoms with Gasteiger partial charge in [-0.3, -0.25) is 14.6 Å². The number of carbonyl (C=O) groups excluding carboxylic acids is 2. The molecule has 266 valence electrons. The lowest BCUT2D eigenvalue weighted by molar-refractivity contribution is -0.137. The summed E-state index contributed by atoms with van der Waals surface area (Å²) in [5, 5.41) is 15.5. The Kier molecular flexibility index (Phi) is 11.2. The highest BCUT2D eigenvalue weighted by molar-refractivity contribution is 7.98. The molecule has 0 atom stereocenters. The van der Waals surface area contributed by atoms with Gasteiger partial charge in [0.25, 0.3) is 11.8 Å². The Bertz CT molecular complexity index is 2090. The van der Waals surface area contributed by atoms with Crippen LogP contribution >= 0.6 is 11.8 Å². The average molecular weight is 726 g/mol. The molecular formula is C39H34F3N5O4S. The summed E-state index contributed by atoms with van der Waals surface area (Å²) in [7, 11) is 0. The summed E-state index contributed by atoms with van der Waals surface area (Å²) < 4.78 is 39.6. The van der Waals surface area contributed by atoms with Gasteiger partial charge in [-0.15, -0.1) is 11.8 Å². The molecule has 3 N–H and O–H groups in total. The van der Waals surface area contributed by atoms with Crippen molar-refractivity contribution >= 4 is 40.9 Å². The SMILES string of the molecule is O=C(O)c1ccc(SCc2cccc(C(=O)Nc3ccc(N4CCCCC4)cc3-c3cc(C(=O)NCc4cccc(C(F)(F)F)c4)ccn3)c2)nc1. The van der Waals surface area contributed by atoms with Crippen molar-refractivity contribution in [2.75, 3.05) is 23.3 Å². The van der Waals surface area contributed by atoms with E-state index in [1.54, 1.807) is 30.3 Å². The van der Waals surface area contributed by atoms with E-state index in [2.05, 4.69) is 25.5 Å². The van der Waals surface area contributed by atoms with Crippen LogP contribution in [0.1, 0.15) is 67.0 Å². The van der Waals surface area contributed by atoms with Crippen molar-refractivity contribution in [3.05, 3.63) is 137 Å². The Morgan fingerprint density at radius 3 is 2.31 bits per heavy atom. The van der Waals surface area contributed by atoms with E-state index in [1.165, 1.54) is 48.4 Å². The quantitative estimate of drug-likeness (QED) is 0.116. The number of aromatic carboxylic acids is 1. The van der Waals surface area contributed by atoms with Crippen LogP contribution in [0.25, 0.3) is 11.3 Å². The van der Waals surface area contributed by atoms with Crippen molar-refractivity contribution in [1.82, 2.24) is 15.3 Å². The Labute approximate surface area is 302 Å². The van der Waals surface area contributed by atoms with Gasteiger partial charge in [-0.2, -0.15) is 13.2 Å². The Hall–Kier alpha value is -5.69. The third-order valence-electron chi connectivity index (χ3n) is 8.54. The van der Waals surface area contributed by atoms with E-state index in [1.807, 2.05) is 24.3 Å². The number of hydrogen-bond acceptors (Lipinski definition) is 7. The van der Waals surface area contributed by atoms with Crippen molar-refractivity contribution in [1.29, 1.82) is 0 Å². The number of carboxylic acid groups (broad SMARTS) is 1. The molecule has 1 fully saturated rings. The fourth-order valence-electron chi connectivity index (χ4n) is 5.81. The molecule has 0 radical (unpaired) electrons. The zero-order valence-electron chi connectivity index (χ0n) is 27.8. The zero-order valence-corrected chi connectivity index (χ0v) is 28.6. The van der Waals surface area contributed by atoms with Crippen molar-refractivity contribution in [3.8, 4) is 11.3 Å². The van der Waals surface area contributed by atoms with Gasteiger partial charge in [0.05, 0.1) is 27.5 Å². The van der Waals surface area contributed by atoms with Gasteiger partial charge in [0.15, 0.2) is 0 Å². The van der Waals surface area contributed by atoms with E-state index in [4.69, 9.17) is 5.11 Å². The van der Waals surface area contributed by atoms with Crippen LogP contribution in [0.5, 0.6) is 0 Å². The lowest BCUT2D eigenvalue weighted by Gasteiger charge is -2.29. The standard InChI is InChI=1S/C39H34F3N5O4S/c40-39(41,42)30-9-5-6-25(19-30)22-45-36(48)28-14-15-43-34(20-28)32-21-31(47-16-2-1-3-17-47)11-12-33(32)46-37(49)27-8-4-7-26(18-27)24-52-35-13-10-29(23-44-35)38(50)51/h4-15,18-21,23H,1-3,16-17,22,24H2,(H,45,48)(H,46,49)(H,50,51). The molecule has 0 saturated carbocycles. The largest absolute Gasteiger partial charge is 0.478 e. The molecule has 0 spiro atoms. The predicted octanol–water partition coefficient (Wildman–Crippen LogP) is 8.33. The normalized spacial score (nSPS) is 13.0. The third kappa shape index (κ3) is 9.15. The minimum absolute atomic E-state index is 0.1000. The van der Waals surface area contributed by atoms with Gasteiger partial charge in [-0.25, -0.2) is 9.78 Å². The number of rotatable bonds is 11. The minimum Gasteiger partial charge on any atom is -0.478 e. The average Bonchev–Trinajstić information content (AvgIpc) is 3.16. The summed E-state index contributed by atoms with van der Waals surface area (Å²) in [4.78, 5) is 49.0. The molecule has 52 heavy (non-hydrogen) atoms. The number of anilines is 2. The van der Waals surface area contributed by atoms with Gasteiger partial charge in [0.2, 0.25) is 0 Å². The minimum atomic E-state index is -4.49. The Morgan fingerprint density at radius 1 is 0.788 bits per heavy atom. The number of amides is 2.